The van der Waals surface area contributed by atoms with Gasteiger partial charge in [0.2, 0.25) is 0 Å². The molecule has 0 saturated carbocycles. The van der Waals surface area contributed by atoms with Gasteiger partial charge in [-0.1, -0.05) is 24.3 Å². The quantitative estimate of drug-likeness (QED) is 0.439. The summed E-state index contributed by atoms with van der Waals surface area (Å²) in [5, 5.41) is 10.9. The zero-order valence-electron chi connectivity index (χ0n) is 18.7. The molecule has 0 aliphatic carbocycles. The first-order valence-corrected chi connectivity index (χ1v) is 11.2. The lowest BCUT2D eigenvalue weighted by molar-refractivity contribution is -0.0705. The summed E-state index contributed by atoms with van der Waals surface area (Å²) in [6.07, 6.45) is 5.19. The predicted molar refractivity (Wildman–Crippen MR) is 123 cm³/mol. The third-order valence-corrected chi connectivity index (χ3v) is 6.36. The lowest BCUT2D eigenvalue weighted by Crippen LogP contribution is -2.34. The van der Waals surface area contributed by atoms with Crippen LogP contribution in [-0.2, 0) is 16.8 Å². The van der Waals surface area contributed by atoms with E-state index in [-0.39, 0.29) is 5.75 Å². The van der Waals surface area contributed by atoms with Crippen molar-refractivity contribution in [1.29, 1.82) is 0 Å². The Bertz CT molecular complexity index is 1300. The molecular formula is C26H25F2N3O3. The highest BCUT2D eigenvalue weighted by molar-refractivity contribution is 5.64. The Morgan fingerprint density at radius 3 is 2.59 bits per heavy atom. The summed E-state index contributed by atoms with van der Waals surface area (Å²) < 4.78 is 37.8. The van der Waals surface area contributed by atoms with Crippen LogP contribution in [0.3, 0.4) is 0 Å². The van der Waals surface area contributed by atoms with Crippen LogP contribution in [0.15, 0.2) is 60.9 Å². The van der Waals surface area contributed by atoms with E-state index in [1.54, 1.807) is 30.5 Å². The fourth-order valence-corrected chi connectivity index (χ4v) is 4.44. The van der Waals surface area contributed by atoms with Gasteiger partial charge in [0.05, 0.1) is 11.4 Å². The smallest absolute Gasteiger partial charge is 0.387 e. The number of halogens is 2. The van der Waals surface area contributed by atoms with Crippen LogP contribution in [0.5, 0.6) is 5.75 Å². The number of alkyl halides is 2. The van der Waals surface area contributed by atoms with Crippen LogP contribution in [0, 0.1) is 6.92 Å². The lowest BCUT2D eigenvalue weighted by Gasteiger charge is -2.31. The molecular weight excluding hydrogens is 440 g/mol. The van der Waals surface area contributed by atoms with E-state index in [0.717, 1.165) is 28.2 Å². The van der Waals surface area contributed by atoms with Gasteiger partial charge in [0.25, 0.3) is 0 Å². The predicted octanol–water partition coefficient (Wildman–Crippen LogP) is 4.89. The minimum Gasteiger partial charge on any atom is -0.435 e. The third kappa shape index (κ3) is 4.38. The second kappa shape index (κ2) is 9.12. The average Bonchev–Trinajstić information content (AvgIpc) is 3.15. The van der Waals surface area contributed by atoms with Gasteiger partial charge in [-0.05, 0) is 31.2 Å². The van der Waals surface area contributed by atoms with Gasteiger partial charge in [-0.3, -0.25) is 4.98 Å². The monoisotopic (exact) mass is 465 g/mol. The second-order valence-corrected chi connectivity index (χ2v) is 8.53. The van der Waals surface area contributed by atoms with Crippen LogP contribution in [-0.4, -0.2) is 39.3 Å². The maximum absolute atomic E-state index is 12.9. The number of ether oxygens (including phenoxy) is 2. The van der Waals surface area contributed by atoms with E-state index in [0.29, 0.717) is 43.7 Å². The Kier molecular flexibility index (Phi) is 6.02. The normalized spacial score (nSPS) is 15.7. The van der Waals surface area contributed by atoms with Crippen LogP contribution in [0.1, 0.15) is 35.5 Å². The van der Waals surface area contributed by atoms with Crippen molar-refractivity contribution in [3.63, 3.8) is 0 Å². The molecule has 8 heteroatoms. The summed E-state index contributed by atoms with van der Waals surface area (Å²) in [7, 11) is 0. The molecule has 4 heterocycles. The molecule has 0 unspecified atom stereocenters. The molecule has 5 rings (SSSR count). The molecule has 1 N–H and O–H groups in total. The number of aliphatic hydroxyl groups is 1. The summed E-state index contributed by atoms with van der Waals surface area (Å²) >= 11 is 0. The zero-order valence-corrected chi connectivity index (χ0v) is 18.7. The highest BCUT2D eigenvalue weighted by Crippen LogP contribution is 2.32. The third-order valence-electron chi connectivity index (χ3n) is 6.36. The van der Waals surface area contributed by atoms with E-state index in [1.165, 1.54) is 0 Å². The number of hydrogen-bond acceptors (Lipinski definition) is 5. The van der Waals surface area contributed by atoms with Gasteiger partial charge in [-0.25, -0.2) is 4.98 Å². The second-order valence-electron chi connectivity index (χ2n) is 8.53. The Hall–Kier alpha value is -3.36. The Morgan fingerprint density at radius 2 is 1.85 bits per heavy atom. The maximum Gasteiger partial charge on any atom is 0.387 e. The summed E-state index contributed by atoms with van der Waals surface area (Å²) in [6, 6.07) is 14.5. The molecule has 4 aromatic rings. The Labute approximate surface area is 195 Å². The number of para-hydroxylation sites is 1. The first kappa shape index (κ1) is 22.4. The molecule has 0 amide bonds. The number of rotatable bonds is 6. The first-order chi connectivity index (χ1) is 16.4. The maximum atomic E-state index is 12.9. The standard InChI is InChI=1S/C26H25F2N3O3/c1-17-21(14-18-4-2-3-5-22(18)34-25(27)28)31-16-20(7-9-24(31)30-17)19-6-8-23(29-15-19)26(32)10-12-33-13-11-26/h2-9,15-16,25,32H,10-14H2,1H3. The summed E-state index contributed by atoms with van der Waals surface area (Å²) in [6.45, 7) is 0.0600. The number of imidazole rings is 1. The van der Waals surface area contributed by atoms with Crippen molar-refractivity contribution in [2.75, 3.05) is 13.2 Å². The molecule has 1 aliphatic rings. The van der Waals surface area contributed by atoms with Crippen LogP contribution >= 0.6 is 0 Å². The molecule has 0 radical (unpaired) electrons. The van der Waals surface area contributed by atoms with Crippen LogP contribution in [0.2, 0.25) is 0 Å². The van der Waals surface area contributed by atoms with Gasteiger partial charge < -0.3 is 19.0 Å². The highest BCUT2D eigenvalue weighted by Gasteiger charge is 2.33. The summed E-state index contributed by atoms with van der Waals surface area (Å²) in [5.41, 5.74) is 4.67. The number of hydrogen-bond donors (Lipinski definition) is 1. The number of nitrogens with zero attached hydrogens (tertiary/aromatic N) is 3. The molecule has 1 fully saturated rings. The van der Waals surface area contributed by atoms with E-state index >= 15 is 0 Å². The summed E-state index contributed by atoms with van der Waals surface area (Å²) in [5.74, 6) is 0.161. The van der Waals surface area contributed by atoms with Crippen molar-refractivity contribution in [1.82, 2.24) is 14.4 Å². The van der Waals surface area contributed by atoms with E-state index in [9.17, 15) is 13.9 Å². The van der Waals surface area contributed by atoms with E-state index in [2.05, 4.69) is 9.97 Å². The van der Waals surface area contributed by atoms with Gasteiger partial charge in [-0.15, -0.1) is 0 Å². The fraction of sp³-hybridized carbons (Fsp3) is 0.308. The average molecular weight is 466 g/mol. The molecule has 0 atom stereocenters. The number of aromatic nitrogens is 3. The van der Waals surface area contributed by atoms with E-state index < -0.39 is 12.2 Å². The number of aryl methyl sites for hydroxylation is 1. The van der Waals surface area contributed by atoms with Gasteiger partial charge in [-0.2, -0.15) is 8.78 Å². The van der Waals surface area contributed by atoms with Crippen molar-refractivity contribution in [3.05, 3.63) is 83.6 Å². The molecule has 34 heavy (non-hydrogen) atoms. The Balaban J connectivity index is 1.47. The van der Waals surface area contributed by atoms with Crippen molar-refractivity contribution in [3.8, 4) is 16.9 Å². The van der Waals surface area contributed by atoms with Crippen molar-refractivity contribution in [2.45, 2.75) is 38.4 Å². The highest BCUT2D eigenvalue weighted by atomic mass is 19.3. The molecule has 6 nitrogen and oxygen atoms in total. The van der Waals surface area contributed by atoms with Gasteiger partial charge >= 0.3 is 6.61 Å². The zero-order chi connectivity index (χ0) is 23.7. The van der Waals surface area contributed by atoms with Crippen molar-refractivity contribution < 1.29 is 23.4 Å². The SMILES string of the molecule is Cc1nc2ccc(-c3ccc(C4(O)CCOCC4)nc3)cn2c1Cc1ccccc1OC(F)F. The largest absolute Gasteiger partial charge is 0.435 e. The number of pyridine rings is 2. The van der Waals surface area contributed by atoms with Crippen LogP contribution in [0.4, 0.5) is 8.78 Å². The molecule has 0 bridgehead atoms. The van der Waals surface area contributed by atoms with Gasteiger partial charge in [0.15, 0.2) is 0 Å². The topological polar surface area (TPSA) is 68.9 Å². The van der Waals surface area contributed by atoms with Gasteiger partial charge in [0, 0.05) is 67.3 Å². The molecule has 3 aromatic heterocycles. The van der Waals surface area contributed by atoms with Crippen LogP contribution in [0.25, 0.3) is 16.8 Å². The molecule has 176 valence electrons. The Morgan fingerprint density at radius 1 is 1.09 bits per heavy atom. The minimum absolute atomic E-state index is 0.161. The molecule has 0 spiro atoms. The minimum atomic E-state index is -2.88. The van der Waals surface area contributed by atoms with Crippen molar-refractivity contribution in [2.24, 2.45) is 0 Å². The lowest BCUT2D eigenvalue weighted by atomic mass is 9.90. The first-order valence-electron chi connectivity index (χ1n) is 11.2. The summed E-state index contributed by atoms with van der Waals surface area (Å²) in [4.78, 5) is 9.18. The fourth-order valence-electron chi connectivity index (χ4n) is 4.44. The molecule has 1 aliphatic heterocycles. The van der Waals surface area contributed by atoms with Gasteiger partial charge in [0.1, 0.15) is 17.0 Å². The van der Waals surface area contributed by atoms with Crippen molar-refractivity contribution >= 4 is 5.65 Å². The van der Waals surface area contributed by atoms with E-state index in [1.807, 2.05) is 41.8 Å². The number of fused-ring (bicyclic) bond motifs is 1. The molecule has 1 saturated heterocycles. The van der Waals surface area contributed by atoms with Crippen LogP contribution < -0.4 is 4.74 Å². The van der Waals surface area contributed by atoms with E-state index in [4.69, 9.17) is 9.47 Å². The molecule has 1 aromatic carbocycles. The number of benzene rings is 1.